The van der Waals surface area contributed by atoms with E-state index in [-0.39, 0.29) is 71.8 Å². The van der Waals surface area contributed by atoms with E-state index in [4.69, 9.17) is 23.4 Å². The highest BCUT2D eigenvalue weighted by Crippen LogP contribution is 2.92. The number of furan rings is 1. The third kappa shape index (κ3) is 6.99. The Morgan fingerprint density at radius 1 is 0.882 bits per heavy atom. The minimum atomic E-state index is -1.57. The number of allylic oxidation sites excluding steroid dienone is 1. The molecule has 18 aliphatic rings. The summed E-state index contributed by atoms with van der Waals surface area (Å²) in [4.78, 5) is 53.2. The van der Waals surface area contributed by atoms with Crippen molar-refractivity contribution >= 4 is 17.7 Å². The van der Waals surface area contributed by atoms with Gasteiger partial charge in [0.15, 0.2) is 17.5 Å². The molecule has 2 aromatic rings. The van der Waals surface area contributed by atoms with Crippen molar-refractivity contribution in [3.05, 3.63) is 83.0 Å². The maximum absolute atomic E-state index is 17.9. The maximum Gasteiger partial charge on any atom is 0.339 e. The standard InChI is InChI=1S/C80H100N2O11/c1-44(47-14-8-5-9-15-47)28-54-32-55-33-56-37-74(25-10-11-26-74)41-75(56)36-52-35-72(2)78-53(22-19-51-40-89-62(63(51)78)34-58(61(84)39-83)49-20-23-57-50(31-49)24-27-82-43-81-38-60(57)82)21-18-48-17-16-46(29-45-12-6-4-7-13-45)30-59(48)77(80(72)69(91-80)71(88)92-78)65(52)76-42-90-70(87)67(75)79(55,76)93-73(54,3)66(76)64(85)68(77)86/h4,6-7,12-13,24,27,32,40,44,46-50,52-54,56-61,65-69,81,83-84,86H,5,8-11,14-17,19-20,22-23,25-26,28-31,33-39,41-43H2,1-3H3/t44-,46+,48-,49-,50-,52-,53-,54+,56+,57+,58+,59-,60-,61-,65-,66-,67+,68-,69-,72+,73+,75-,76-,77+,78+,79+,80-/m1/s1. The molecule has 27 atom stereocenters. The van der Waals surface area contributed by atoms with Crippen molar-refractivity contribution in [1.82, 2.24) is 10.2 Å². The molecule has 1 aromatic heterocycles. The van der Waals surface area contributed by atoms with E-state index in [2.05, 4.69) is 91.5 Å². The smallest absolute Gasteiger partial charge is 0.339 e. The molecule has 5 saturated heterocycles. The van der Waals surface area contributed by atoms with Crippen LogP contribution >= 0.6 is 0 Å². The Morgan fingerprint density at radius 3 is 2.55 bits per heavy atom. The molecule has 4 N–H and O–H groups in total. The molecule has 496 valence electrons. The molecule has 0 radical (unpaired) electrons. The number of nitrogens with one attached hydrogen (secondary N) is 1. The number of aliphatic hydroxyl groups excluding tert-OH is 3. The number of hydrogen-bond donors (Lipinski definition) is 4. The Hall–Kier alpha value is -4.29. The van der Waals surface area contributed by atoms with Gasteiger partial charge in [-0.1, -0.05) is 113 Å². The van der Waals surface area contributed by atoms with Gasteiger partial charge in [-0.2, -0.15) is 0 Å². The van der Waals surface area contributed by atoms with Crippen LogP contribution in [0.1, 0.15) is 184 Å². The molecule has 13 heteroatoms. The third-order valence-corrected chi connectivity index (χ3v) is 32.8. The van der Waals surface area contributed by atoms with E-state index in [0.717, 1.165) is 108 Å². The zero-order valence-corrected chi connectivity index (χ0v) is 55.3. The number of cyclic esters (lactones) is 1. The SMILES string of the molecule is C[C@H](C[C@H]1C=C2C[C@H]3CC4(CCCC4)C[C@]34C[C@H]3C[C@]5(C)[C@]67O[C@@H]6C(=O)O[C@@]56c5c(coc5C[C@@H]([C@@H]5CC[C@H]8[C@H](C=CN9CNC[C@H]89)C5)[C@H](O)CO)CC[C@H]6C#C[C@H]5CC[C@@H](Cc6ccccc6)C[C@H]5[C@]75[C@H](O)C(=O)[C@@H]6[C@@]1(C)O[C@]21[C@H]4C(=O)OC[C@@]61[C@@H]35)C1CCCCC1. The quantitative estimate of drug-likeness (QED) is 0.0765. The minimum absolute atomic E-state index is 0.0310. The number of benzene rings is 1. The van der Waals surface area contributed by atoms with Crippen molar-refractivity contribution < 1.29 is 53.1 Å². The van der Waals surface area contributed by atoms with Gasteiger partial charge in [-0.15, -0.1) is 0 Å². The van der Waals surface area contributed by atoms with Crippen LogP contribution in [-0.4, -0.2) is 106 Å². The molecular weight excluding hydrogens is 1160 g/mol. The van der Waals surface area contributed by atoms with E-state index in [1.54, 1.807) is 0 Å². The lowest BCUT2D eigenvalue weighted by Gasteiger charge is -2.74. The van der Waals surface area contributed by atoms with Crippen molar-refractivity contribution in [1.29, 1.82) is 0 Å². The van der Waals surface area contributed by atoms with E-state index in [1.165, 1.54) is 56.1 Å². The topological polar surface area (TPSA) is 181 Å². The number of carbonyl (C=O) groups is 3. The average molecular weight is 1270 g/mol. The number of rotatable bonds is 10. The fourth-order valence-corrected chi connectivity index (χ4v) is 30.0. The van der Waals surface area contributed by atoms with Gasteiger partial charge in [-0.05, 0) is 215 Å². The molecule has 9 bridgehead atoms. The lowest BCUT2D eigenvalue weighted by molar-refractivity contribution is -0.320. The summed E-state index contributed by atoms with van der Waals surface area (Å²) in [6.45, 7) is 8.56. The van der Waals surface area contributed by atoms with Crippen LogP contribution in [0.5, 0.6) is 0 Å². The maximum atomic E-state index is 17.9. The van der Waals surface area contributed by atoms with Crippen LogP contribution in [0.2, 0.25) is 0 Å². The predicted molar refractivity (Wildman–Crippen MR) is 343 cm³/mol. The first-order valence-electron chi connectivity index (χ1n) is 37.8. The predicted octanol–water partition coefficient (Wildman–Crippen LogP) is 11.1. The highest BCUT2D eigenvalue weighted by Gasteiger charge is 3.00. The number of aryl methyl sites for hydroxylation is 1. The van der Waals surface area contributed by atoms with E-state index in [0.29, 0.717) is 67.6 Å². The number of fused-ring (bicyclic) bond motifs is 7. The Bertz CT molecular complexity index is 3610. The van der Waals surface area contributed by atoms with Crippen LogP contribution < -0.4 is 5.32 Å². The number of aliphatic hydroxyl groups is 3. The van der Waals surface area contributed by atoms with E-state index in [1.807, 2.05) is 6.26 Å². The van der Waals surface area contributed by atoms with Crippen LogP contribution in [0.4, 0.5) is 0 Å². The largest absolute Gasteiger partial charge is 0.469 e. The zero-order valence-electron chi connectivity index (χ0n) is 55.3. The summed E-state index contributed by atoms with van der Waals surface area (Å²) >= 11 is 0. The highest BCUT2D eigenvalue weighted by atomic mass is 16.7. The zero-order chi connectivity index (χ0) is 62.8. The number of epoxide rings is 1. The summed E-state index contributed by atoms with van der Waals surface area (Å²) in [6, 6.07) is 11.3. The third-order valence-electron chi connectivity index (χ3n) is 32.8. The van der Waals surface area contributed by atoms with Gasteiger partial charge in [0, 0.05) is 47.2 Å². The summed E-state index contributed by atoms with van der Waals surface area (Å²) in [5, 5.41) is 42.3. The Kier molecular flexibility index (Phi) is 12.5. The second-order valence-electron chi connectivity index (χ2n) is 35.8. The van der Waals surface area contributed by atoms with E-state index >= 15 is 19.5 Å². The average Bonchev–Trinajstić information content (AvgIpc) is 1.43. The van der Waals surface area contributed by atoms with Crippen LogP contribution in [0.25, 0.3) is 0 Å². The number of hydrogen-bond acceptors (Lipinski definition) is 13. The molecule has 1 aromatic carbocycles. The van der Waals surface area contributed by atoms with Crippen molar-refractivity contribution in [3.63, 3.8) is 0 Å². The molecule has 20 rings (SSSR count). The molecule has 14 fully saturated rings. The van der Waals surface area contributed by atoms with Crippen LogP contribution in [-0.2, 0) is 58.2 Å². The van der Waals surface area contributed by atoms with Crippen molar-refractivity contribution in [3.8, 4) is 11.8 Å². The van der Waals surface area contributed by atoms with Crippen molar-refractivity contribution in [2.45, 2.75) is 228 Å². The second kappa shape index (κ2) is 19.8. The summed E-state index contributed by atoms with van der Waals surface area (Å²) < 4.78 is 38.6. The summed E-state index contributed by atoms with van der Waals surface area (Å²) in [6.07, 6.45) is 29.1. The summed E-state index contributed by atoms with van der Waals surface area (Å²) in [5.41, 5.74) is -4.90. The van der Waals surface area contributed by atoms with Gasteiger partial charge in [-0.3, -0.25) is 14.9 Å². The Labute approximate surface area is 549 Å². The second-order valence-corrected chi connectivity index (χ2v) is 35.8. The van der Waals surface area contributed by atoms with Gasteiger partial charge in [0.1, 0.15) is 29.7 Å². The number of nitrogens with zero attached hydrogens (tertiary/aromatic N) is 1. The van der Waals surface area contributed by atoms with Crippen molar-refractivity contribution in [2.24, 2.45) is 122 Å². The highest BCUT2D eigenvalue weighted by molar-refractivity contribution is 5.94. The van der Waals surface area contributed by atoms with Gasteiger partial charge >= 0.3 is 11.9 Å². The molecule has 9 saturated carbocycles. The fourth-order valence-electron chi connectivity index (χ4n) is 30.0. The Balaban J connectivity index is 0.818. The Morgan fingerprint density at radius 2 is 1.72 bits per heavy atom. The molecule has 7 spiro atoms. The molecule has 0 unspecified atom stereocenters. The van der Waals surface area contributed by atoms with E-state index in [9.17, 15) is 10.2 Å². The number of ketones is 1. The molecule has 13 nitrogen and oxygen atoms in total. The first kappa shape index (κ1) is 58.8. The number of ether oxygens (including phenoxy) is 4. The van der Waals surface area contributed by atoms with Crippen LogP contribution in [0.3, 0.4) is 0 Å². The van der Waals surface area contributed by atoms with Gasteiger partial charge in [-0.25, -0.2) is 4.79 Å². The first-order chi connectivity index (χ1) is 45.0. The van der Waals surface area contributed by atoms with Gasteiger partial charge in [0.2, 0.25) is 0 Å². The minimum Gasteiger partial charge on any atom is -0.469 e. The molecule has 8 heterocycles. The monoisotopic (exact) mass is 1260 g/mol. The van der Waals surface area contributed by atoms with Gasteiger partial charge < -0.3 is 43.6 Å². The fraction of sp³-hybridized carbons (Fsp3) is 0.762. The van der Waals surface area contributed by atoms with Crippen molar-refractivity contribution in [2.75, 3.05) is 26.4 Å². The molecule has 11 aliphatic carbocycles. The number of Topliss-reactive ketones (excluding diaryl/α,β-unsaturated/α-hetero) is 1. The number of esters is 2. The normalized spacial score (nSPS) is 50.8. The lowest BCUT2D eigenvalue weighted by atomic mass is 9.28. The molecule has 0 amide bonds. The van der Waals surface area contributed by atoms with Gasteiger partial charge in [0.25, 0.3) is 0 Å². The van der Waals surface area contributed by atoms with Crippen LogP contribution in [0.15, 0.2) is 64.9 Å². The number of carbonyl (C=O) groups excluding carboxylic acids is 3. The van der Waals surface area contributed by atoms with Gasteiger partial charge in [0.05, 0.1) is 54.4 Å². The summed E-state index contributed by atoms with van der Waals surface area (Å²) in [5.74, 6) is 6.66. The lowest BCUT2D eigenvalue weighted by Crippen LogP contribution is -2.84. The molecule has 7 aliphatic heterocycles. The van der Waals surface area contributed by atoms with Crippen LogP contribution in [0, 0.1) is 134 Å². The summed E-state index contributed by atoms with van der Waals surface area (Å²) in [7, 11) is 0. The van der Waals surface area contributed by atoms with E-state index < -0.39 is 97.9 Å². The molecular formula is C80H100N2O11. The first-order valence-corrected chi connectivity index (χ1v) is 37.8. The molecule has 93 heavy (non-hydrogen) atoms.